The van der Waals surface area contributed by atoms with Gasteiger partial charge in [-0.1, -0.05) is 0 Å². The maximum Gasteiger partial charge on any atom is 0.320 e. The van der Waals surface area contributed by atoms with Gasteiger partial charge in [0.2, 0.25) is 0 Å². The number of rotatable bonds is 0. The molecule has 0 bridgehead atoms. The summed E-state index contributed by atoms with van der Waals surface area (Å²) in [6.45, 7) is 0. The standard InChI is InChI=1S/C2H5N3O2.CH4N2S.Cu/c3-1(6)5-2(4)7;2-1(3)4;/h(H5,3,4,5,6,7);(H4,2,3,4);. The summed E-state index contributed by atoms with van der Waals surface area (Å²) < 4.78 is 0. The van der Waals surface area contributed by atoms with Crippen molar-refractivity contribution in [1.82, 2.24) is 5.32 Å². The number of carbonyl (C=O) groups excluding carboxylic acids is 2. The number of hydrogen-bond acceptors (Lipinski definition) is 3. The summed E-state index contributed by atoms with van der Waals surface area (Å²) in [6.07, 6.45) is 0. The van der Waals surface area contributed by atoms with Crippen LogP contribution in [0.5, 0.6) is 0 Å². The molecule has 0 spiro atoms. The van der Waals surface area contributed by atoms with Gasteiger partial charge in [-0.05, 0) is 12.2 Å². The Kier molecular flexibility index (Phi) is 14.2. The number of amides is 4. The van der Waals surface area contributed by atoms with Crippen molar-refractivity contribution in [3.8, 4) is 0 Å². The van der Waals surface area contributed by atoms with E-state index in [2.05, 4.69) is 35.2 Å². The van der Waals surface area contributed by atoms with Gasteiger partial charge in [0, 0.05) is 17.1 Å². The van der Waals surface area contributed by atoms with Crippen molar-refractivity contribution in [3.63, 3.8) is 0 Å². The Labute approximate surface area is 84.7 Å². The van der Waals surface area contributed by atoms with E-state index < -0.39 is 12.1 Å². The van der Waals surface area contributed by atoms with E-state index >= 15 is 0 Å². The summed E-state index contributed by atoms with van der Waals surface area (Å²) in [7, 11) is 0. The van der Waals surface area contributed by atoms with E-state index in [0.717, 1.165) is 0 Å². The van der Waals surface area contributed by atoms with Crippen molar-refractivity contribution in [2.75, 3.05) is 0 Å². The van der Waals surface area contributed by atoms with E-state index in [4.69, 9.17) is 0 Å². The number of urea groups is 2. The average molecular weight is 243 g/mol. The van der Waals surface area contributed by atoms with Crippen molar-refractivity contribution in [3.05, 3.63) is 0 Å². The molecule has 0 saturated carbocycles. The molecule has 0 atom stereocenters. The number of imide groups is 1. The van der Waals surface area contributed by atoms with Gasteiger partial charge < -0.3 is 22.9 Å². The molecule has 0 aliphatic rings. The molecular weight excluding hydrogens is 234 g/mol. The van der Waals surface area contributed by atoms with Crippen LogP contribution in [0.25, 0.3) is 0 Å². The topological polar surface area (TPSA) is 150 Å². The summed E-state index contributed by atoms with van der Waals surface area (Å²) in [5, 5.41) is 1.58. The number of carbonyl (C=O) groups is 2. The Balaban J connectivity index is -0.000000142. The number of hydrogen-bond donors (Lipinski definition) is 5. The van der Waals surface area contributed by atoms with E-state index in [1.54, 1.807) is 5.32 Å². The number of nitrogens with two attached hydrogens (primary N) is 4. The molecule has 0 rings (SSSR count). The van der Waals surface area contributed by atoms with Crippen molar-refractivity contribution in [2.24, 2.45) is 22.9 Å². The van der Waals surface area contributed by atoms with Crippen LogP contribution < -0.4 is 28.3 Å². The molecule has 0 heterocycles. The van der Waals surface area contributed by atoms with E-state index in [-0.39, 0.29) is 22.2 Å². The number of thiocarbonyl (C=S) groups is 1. The molecule has 9 heteroatoms. The molecule has 0 aromatic heterocycles. The molecule has 0 aromatic rings. The fourth-order valence-corrected chi connectivity index (χ4v) is 0.121. The molecule has 7 nitrogen and oxygen atoms in total. The first-order valence-electron chi connectivity index (χ1n) is 2.27. The van der Waals surface area contributed by atoms with Crippen LogP contribution in [0.15, 0.2) is 0 Å². The Hall–Kier alpha value is -1.05. The van der Waals surface area contributed by atoms with Gasteiger partial charge in [-0.15, -0.1) is 0 Å². The smallest absolute Gasteiger partial charge is 0.320 e. The second kappa shape index (κ2) is 9.95. The third kappa shape index (κ3) is 65.0. The molecular formula is C3H9CuN5O2S. The SMILES string of the molecule is NC(=O)NC(N)=O.NC(N)=S.[Cu]. The second-order valence-corrected chi connectivity index (χ2v) is 1.73. The Morgan fingerprint density at radius 2 is 1.17 bits per heavy atom. The van der Waals surface area contributed by atoms with Crippen LogP contribution in [0.4, 0.5) is 9.59 Å². The minimum Gasteiger partial charge on any atom is -0.377 e. The zero-order chi connectivity index (χ0) is 9.44. The summed E-state index contributed by atoms with van der Waals surface area (Å²) in [5.74, 6) is 0. The van der Waals surface area contributed by atoms with Crippen LogP contribution in [0.2, 0.25) is 0 Å². The van der Waals surface area contributed by atoms with Crippen LogP contribution in [-0.4, -0.2) is 17.2 Å². The number of primary amides is 2. The Bertz CT molecular complexity index is 158. The van der Waals surface area contributed by atoms with Gasteiger partial charge in [-0.25, -0.2) is 9.59 Å². The molecule has 0 fully saturated rings. The minimum atomic E-state index is -0.938. The largest absolute Gasteiger partial charge is 0.377 e. The van der Waals surface area contributed by atoms with Gasteiger partial charge in [0.05, 0.1) is 0 Å². The van der Waals surface area contributed by atoms with Gasteiger partial charge >= 0.3 is 12.1 Å². The van der Waals surface area contributed by atoms with Crippen LogP contribution in [0.1, 0.15) is 0 Å². The maximum atomic E-state index is 9.62. The van der Waals surface area contributed by atoms with Gasteiger partial charge in [0.15, 0.2) is 5.11 Å². The molecule has 9 N–H and O–H groups in total. The predicted octanol–water partition coefficient (Wildman–Crippen LogP) is -2.08. The van der Waals surface area contributed by atoms with Gasteiger partial charge in [0.25, 0.3) is 0 Å². The van der Waals surface area contributed by atoms with Crippen molar-refractivity contribution < 1.29 is 26.7 Å². The minimum absolute atomic E-state index is 0. The van der Waals surface area contributed by atoms with Crippen LogP contribution in [0, 0.1) is 0 Å². The first kappa shape index (κ1) is 17.2. The Morgan fingerprint density at radius 3 is 1.17 bits per heavy atom. The quantitative estimate of drug-likeness (QED) is 0.244. The van der Waals surface area contributed by atoms with E-state index in [1.165, 1.54) is 0 Å². The summed E-state index contributed by atoms with van der Waals surface area (Å²) in [4.78, 5) is 19.2. The summed E-state index contributed by atoms with van der Waals surface area (Å²) in [6, 6.07) is -1.88. The summed E-state index contributed by atoms with van der Waals surface area (Å²) >= 11 is 4.09. The molecule has 75 valence electrons. The van der Waals surface area contributed by atoms with Crippen LogP contribution >= 0.6 is 12.2 Å². The molecule has 0 aromatic carbocycles. The fourth-order valence-electron chi connectivity index (χ4n) is 0.121. The number of nitrogens with one attached hydrogen (secondary N) is 1. The molecule has 0 aliphatic heterocycles. The molecule has 1 radical (unpaired) electrons. The van der Waals surface area contributed by atoms with E-state index in [1.807, 2.05) is 0 Å². The fraction of sp³-hybridized carbons (Fsp3) is 0. The third-order valence-electron chi connectivity index (χ3n) is 0.246. The van der Waals surface area contributed by atoms with Gasteiger partial charge in [-0.3, -0.25) is 5.32 Å². The zero-order valence-electron chi connectivity index (χ0n) is 5.84. The second-order valence-electron chi connectivity index (χ2n) is 1.26. The molecule has 0 saturated heterocycles. The third-order valence-corrected chi connectivity index (χ3v) is 0.246. The predicted molar refractivity (Wildman–Crippen MR) is 43.3 cm³/mol. The van der Waals surface area contributed by atoms with Gasteiger partial charge in [-0.2, -0.15) is 0 Å². The van der Waals surface area contributed by atoms with Gasteiger partial charge in [0.1, 0.15) is 0 Å². The van der Waals surface area contributed by atoms with Crippen LogP contribution in [-0.2, 0) is 17.1 Å². The van der Waals surface area contributed by atoms with Crippen LogP contribution in [0.3, 0.4) is 0 Å². The van der Waals surface area contributed by atoms with E-state index in [9.17, 15) is 9.59 Å². The van der Waals surface area contributed by atoms with Crippen molar-refractivity contribution >= 4 is 29.4 Å². The summed E-state index contributed by atoms with van der Waals surface area (Å²) in [5.41, 5.74) is 18.1. The normalized spacial score (nSPS) is 6.33. The molecule has 0 unspecified atom stereocenters. The Morgan fingerprint density at radius 1 is 1.00 bits per heavy atom. The maximum absolute atomic E-state index is 9.62. The van der Waals surface area contributed by atoms with E-state index in [0.29, 0.717) is 0 Å². The zero-order valence-corrected chi connectivity index (χ0v) is 7.59. The molecule has 0 aliphatic carbocycles. The first-order chi connectivity index (χ1) is 4.86. The van der Waals surface area contributed by atoms with Crippen molar-refractivity contribution in [1.29, 1.82) is 0 Å². The molecule has 12 heavy (non-hydrogen) atoms. The van der Waals surface area contributed by atoms with Crippen molar-refractivity contribution in [2.45, 2.75) is 0 Å². The first-order valence-corrected chi connectivity index (χ1v) is 2.68. The molecule has 4 amide bonds. The average Bonchev–Trinajstić information content (AvgIpc) is 1.56. The monoisotopic (exact) mass is 242 g/mol.